The lowest BCUT2D eigenvalue weighted by molar-refractivity contribution is 0.769. The lowest BCUT2D eigenvalue weighted by Gasteiger charge is -2.34. The summed E-state index contributed by atoms with van der Waals surface area (Å²) in [6, 6.07) is -32.2. The summed E-state index contributed by atoms with van der Waals surface area (Å²) in [5.74, 6) is 0. The van der Waals surface area contributed by atoms with Crippen LogP contribution in [0.15, 0.2) is 272 Å². The molecule has 1 aliphatic rings. The number of benzene rings is 11. The summed E-state index contributed by atoms with van der Waals surface area (Å²) in [5, 5.41) is -1.39. The maximum atomic E-state index is 10.6. The summed E-state index contributed by atoms with van der Waals surface area (Å²) in [4.78, 5) is 0.653. The van der Waals surface area contributed by atoms with Gasteiger partial charge < -0.3 is 4.90 Å². The van der Waals surface area contributed by atoms with Crippen molar-refractivity contribution in [3.8, 4) is 55.6 Å². The fourth-order valence-corrected chi connectivity index (χ4v) is 8.05. The first-order chi connectivity index (χ1) is 48.5. The van der Waals surface area contributed by atoms with Gasteiger partial charge in [0, 0.05) is 16.9 Å². The molecular weight excluding hydrogens is 795 g/mol. The summed E-state index contributed by atoms with van der Waals surface area (Å²) in [6.45, 7) is 0. The zero-order valence-electron chi connectivity index (χ0n) is 71.5. The van der Waals surface area contributed by atoms with E-state index in [0.29, 0.717) is 4.90 Å². The molecule has 0 heterocycles. The van der Waals surface area contributed by atoms with Crippen molar-refractivity contribution in [1.82, 2.24) is 0 Å². The van der Waals surface area contributed by atoms with Gasteiger partial charge in [0.1, 0.15) is 0 Å². The fraction of sp³-hybridized carbons (Fsp3) is 0.0154. The van der Waals surface area contributed by atoms with Gasteiger partial charge in [-0.2, -0.15) is 0 Å². The van der Waals surface area contributed by atoms with Gasteiger partial charge in [-0.3, -0.25) is 0 Å². The molecule has 0 radical (unpaired) electrons. The van der Waals surface area contributed by atoms with Crippen LogP contribution in [0.2, 0.25) is 0 Å². The van der Waals surface area contributed by atoms with Crippen LogP contribution in [0.25, 0.3) is 66.4 Å². The molecule has 310 valence electrons. The van der Waals surface area contributed by atoms with E-state index in [4.69, 9.17) is 24.7 Å². The third kappa shape index (κ3) is 6.56. The Labute approximate surface area is 440 Å². The van der Waals surface area contributed by atoms with Gasteiger partial charge in [-0.25, -0.2) is 0 Å². The Bertz CT molecular complexity index is 5730. The highest BCUT2D eigenvalue weighted by molar-refractivity contribution is 6.06. The summed E-state index contributed by atoms with van der Waals surface area (Å²) in [7, 11) is 0. The molecule has 66 heavy (non-hydrogen) atoms. The van der Waals surface area contributed by atoms with E-state index >= 15 is 0 Å². The van der Waals surface area contributed by atoms with Gasteiger partial charge in [0.05, 0.1) is 63.2 Å². The van der Waals surface area contributed by atoms with Gasteiger partial charge in [-0.1, -0.05) is 236 Å². The van der Waals surface area contributed by atoms with E-state index in [2.05, 4.69) is 0 Å². The zero-order valence-corrected chi connectivity index (χ0v) is 33.5. The van der Waals surface area contributed by atoms with Crippen molar-refractivity contribution in [2.75, 3.05) is 4.90 Å². The van der Waals surface area contributed by atoms with Gasteiger partial charge in [0.15, 0.2) is 0 Å². The molecule has 0 amide bonds. The molecule has 12 rings (SSSR count). The number of hydrogen-bond donors (Lipinski definition) is 0. The second kappa shape index (κ2) is 16.6. The first kappa shape index (κ1) is 16.2. The quantitative estimate of drug-likeness (QED) is 0.140. The Morgan fingerprint density at radius 3 is 1.88 bits per heavy atom. The predicted octanol–water partition coefficient (Wildman–Crippen LogP) is 17.3. The Morgan fingerprint density at radius 1 is 0.333 bits per heavy atom. The number of hydrogen-bond acceptors (Lipinski definition) is 1. The average Bonchev–Trinajstić information content (AvgIpc) is 1.50. The van der Waals surface area contributed by atoms with E-state index in [-0.39, 0.29) is 0 Å². The predicted molar refractivity (Wildman–Crippen MR) is 278 cm³/mol. The first-order valence-corrected chi connectivity index (χ1v) is 19.7. The van der Waals surface area contributed by atoms with Crippen molar-refractivity contribution in [3.63, 3.8) is 0 Å². The van der Waals surface area contributed by atoms with Crippen LogP contribution in [0.1, 0.15) is 74.3 Å². The normalized spacial score (nSPS) is 21.9. The van der Waals surface area contributed by atoms with E-state index in [1.807, 2.05) is 0 Å². The largest absolute Gasteiger partial charge is 0.310 e. The number of rotatable bonds is 9. The molecule has 1 heteroatoms. The molecule has 1 atom stereocenters. The highest BCUT2D eigenvalue weighted by Gasteiger charge is 2.46. The maximum absolute atomic E-state index is 10.6. The Kier molecular flexibility index (Phi) is 4.06. The molecule has 0 aliphatic heterocycles. The fourth-order valence-electron chi connectivity index (χ4n) is 8.05. The molecular formula is C65H45N. The molecule has 0 bridgehead atoms. The highest BCUT2D eigenvalue weighted by atomic mass is 15.1. The molecule has 1 aliphatic carbocycles. The monoisotopic (exact) mass is 878 g/mol. The standard InChI is InChI=1S/C65H45N/c1-5-20-46(21-6-1)47-36-38-49(39-37-47)64-56-31-14-13-22-48(56)40-43-60(64)59-33-16-18-35-63(59)66(54-28-11-4-12-29-54)55-30-19-23-50(44-55)51-41-42-58-57-32-15-17-34-61(57)65(62(58)45-51,52-24-7-2-8-25-52)53-26-9-3-10-27-53/h1-45H/i1D,2D,3D,4D,5D,6D,7D,8D,9D,11D,12D,13D,14D,15D,16D,17D,18D,19D,20D,21D,22D,23D,24D,26D,27D,30D,31D,32D,33D,34D,36D,37D,40D,41D,42D,43D,44D,45D. The van der Waals surface area contributed by atoms with Crippen molar-refractivity contribution in [1.29, 1.82) is 0 Å². The number of nitrogens with zero attached hydrogens (tertiary/aromatic N) is 1. The minimum atomic E-state index is -3.12. The second-order valence-corrected chi connectivity index (χ2v) is 14.3. The van der Waals surface area contributed by atoms with Crippen molar-refractivity contribution >= 4 is 27.8 Å². The molecule has 0 saturated heterocycles. The van der Waals surface area contributed by atoms with Gasteiger partial charge >= 0.3 is 0 Å². The van der Waals surface area contributed by atoms with Crippen molar-refractivity contribution in [3.05, 3.63) is 294 Å². The molecule has 0 aromatic heterocycles. The molecule has 0 spiro atoms. The maximum Gasteiger partial charge on any atom is 0.0713 e. The van der Waals surface area contributed by atoms with E-state index in [0.717, 1.165) is 42.5 Å². The van der Waals surface area contributed by atoms with E-state index in [1.54, 1.807) is 0 Å². The SMILES string of the molecule is [2H]c1cc(N(c2cc([2H])c([2H])c([2H])c2-c2c([2H])c([2H])c3c([2H])c([2H])c([2H])c([2H])c3c2-c2cc([2H])c(-c3c([2H])c([2H])c([2H])c([2H])c3[2H])c([2H])c2)c2c([2H])c([2H])c([2H])c(-c3c([2H])c([2H])c4c(c3[2H])C(c3cc([2H])c([2H])c([2H])c3[2H])(c3c([2H])cc([2H])c([2H])c3[2H])c3c([2H])c([2H])c([2H])c([2H])c3-4)c2[2H])cc([2H])c1[2H]. The molecule has 11 aromatic rings. The molecule has 1 unspecified atom stereocenters. The van der Waals surface area contributed by atoms with Crippen LogP contribution in [-0.2, 0) is 5.41 Å². The number of anilines is 3. The Hall–Kier alpha value is -8.52. The third-order valence-corrected chi connectivity index (χ3v) is 10.8. The topological polar surface area (TPSA) is 3.24 Å². The number of para-hydroxylation sites is 2. The first-order valence-electron chi connectivity index (χ1n) is 38.7. The third-order valence-electron chi connectivity index (χ3n) is 10.8. The summed E-state index contributed by atoms with van der Waals surface area (Å²) in [6.07, 6.45) is 0. The van der Waals surface area contributed by atoms with Crippen LogP contribution in [0.3, 0.4) is 0 Å². The Morgan fingerprint density at radius 2 is 0.970 bits per heavy atom. The molecule has 0 N–H and O–H groups in total. The number of fused-ring (bicyclic) bond motifs is 4. The van der Waals surface area contributed by atoms with Crippen molar-refractivity contribution < 1.29 is 52.1 Å². The summed E-state index contributed by atoms with van der Waals surface area (Å²) in [5.41, 5.74) is -17.0. The van der Waals surface area contributed by atoms with Gasteiger partial charge in [0.25, 0.3) is 0 Å². The lowest BCUT2D eigenvalue weighted by Crippen LogP contribution is -2.28. The van der Waals surface area contributed by atoms with Crippen LogP contribution in [0, 0.1) is 0 Å². The molecule has 1 nitrogen and oxygen atoms in total. The zero-order chi connectivity index (χ0) is 76.9. The van der Waals surface area contributed by atoms with Crippen LogP contribution >= 0.6 is 0 Å². The van der Waals surface area contributed by atoms with E-state index in [9.17, 15) is 27.4 Å². The summed E-state index contributed by atoms with van der Waals surface area (Å²) < 4.78 is 352. The smallest absolute Gasteiger partial charge is 0.0713 e. The molecule has 0 fully saturated rings. The minimum Gasteiger partial charge on any atom is -0.310 e. The summed E-state index contributed by atoms with van der Waals surface area (Å²) >= 11 is 0. The van der Waals surface area contributed by atoms with Crippen LogP contribution in [0.5, 0.6) is 0 Å². The van der Waals surface area contributed by atoms with Gasteiger partial charge in [-0.15, -0.1) is 0 Å². The minimum absolute atomic E-state index is 0.499. The van der Waals surface area contributed by atoms with E-state index < -0.39 is 341 Å². The van der Waals surface area contributed by atoms with Crippen molar-refractivity contribution in [2.45, 2.75) is 5.41 Å². The Balaban J connectivity index is 1.28. The van der Waals surface area contributed by atoms with E-state index in [1.165, 1.54) is 0 Å². The molecule has 0 saturated carbocycles. The second-order valence-electron chi connectivity index (χ2n) is 14.3. The van der Waals surface area contributed by atoms with Crippen LogP contribution < -0.4 is 4.90 Å². The lowest BCUT2D eigenvalue weighted by atomic mass is 9.67. The highest BCUT2D eigenvalue weighted by Crippen LogP contribution is 2.57. The van der Waals surface area contributed by atoms with Gasteiger partial charge in [0.2, 0.25) is 0 Å². The average molecular weight is 878 g/mol. The van der Waals surface area contributed by atoms with Crippen LogP contribution in [0.4, 0.5) is 17.1 Å². The van der Waals surface area contributed by atoms with Gasteiger partial charge in [-0.05, 0) is 119 Å². The molecule has 11 aromatic carbocycles. The van der Waals surface area contributed by atoms with Crippen LogP contribution in [-0.4, -0.2) is 0 Å². The van der Waals surface area contributed by atoms with Crippen molar-refractivity contribution in [2.24, 2.45) is 0 Å².